The smallest absolute Gasteiger partial charge is 0.239 e. The van der Waals surface area contributed by atoms with Crippen molar-refractivity contribution in [3.63, 3.8) is 0 Å². The molecule has 66 valence electrons. The van der Waals surface area contributed by atoms with E-state index < -0.39 is 20.2 Å². The molecule has 0 bridgehead atoms. The fourth-order valence-electron chi connectivity index (χ4n) is 0.373. The number of Topliss-reactive ketones (excluding diaryl/α,β-unsaturated/α-hetero) is 1. The van der Waals surface area contributed by atoms with E-state index in [1.807, 2.05) is 0 Å². The van der Waals surface area contributed by atoms with Gasteiger partial charge in [0.15, 0.2) is 5.78 Å². The van der Waals surface area contributed by atoms with Gasteiger partial charge < -0.3 is 0 Å². The van der Waals surface area contributed by atoms with Crippen molar-refractivity contribution in [2.75, 3.05) is 5.75 Å². The molecule has 0 unspecified atom stereocenters. The average molecular weight is 199 g/mol. The first-order chi connectivity index (χ1) is 4.63. The van der Waals surface area contributed by atoms with Crippen LogP contribution >= 0.6 is 10.7 Å². The molecule has 0 N–H and O–H groups in total. The second-order valence-corrected chi connectivity index (χ2v) is 6.13. The van der Waals surface area contributed by atoms with Crippen LogP contribution in [-0.4, -0.2) is 20.0 Å². The summed E-state index contributed by atoms with van der Waals surface area (Å²) in [6.07, 6.45) is 0. The van der Waals surface area contributed by atoms with Crippen molar-refractivity contribution in [3.05, 3.63) is 0 Å². The molecule has 0 aromatic heterocycles. The van der Waals surface area contributed by atoms with Gasteiger partial charge >= 0.3 is 0 Å². The number of hydrogen-bond acceptors (Lipinski definition) is 3. The molecule has 3 nitrogen and oxygen atoms in total. The van der Waals surface area contributed by atoms with E-state index in [2.05, 4.69) is 0 Å². The van der Waals surface area contributed by atoms with Crippen molar-refractivity contribution in [3.8, 4) is 0 Å². The maximum atomic E-state index is 11.0. The molecule has 0 aromatic carbocycles. The molecule has 0 saturated heterocycles. The van der Waals surface area contributed by atoms with E-state index in [4.69, 9.17) is 10.7 Å². The average Bonchev–Trinajstić information content (AvgIpc) is 1.56. The Morgan fingerprint density at radius 1 is 1.36 bits per heavy atom. The molecule has 0 amide bonds. The zero-order valence-electron chi connectivity index (χ0n) is 6.72. The molecule has 0 saturated carbocycles. The molecular weight excluding hydrogens is 188 g/mol. The molecule has 0 spiro atoms. The molecule has 0 rings (SSSR count). The van der Waals surface area contributed by atoms with E-state index in [0.29, 0.717) is 0 Å². The highest BCUT2D eigenvalue weighted by Crippen LogP contribution is 2.16. The maximum Gasteiger partial charge on any atom is 0.239 e. The van der Waals surface area contributed by atoms with Crippen LogP contribution < -0.4 is 0 Å². The molecule has 5 heteroatoms. The Hall–Kier alpha value is -0.0900. The standard InChI is InChI=1S/C6H11ClO3S/c1-6(2,3)5(8)4-11(7,9)10/h4H2,1-3H3. The lowest BCUT2D eigenvalue weighted by Gasteiger charge is -2.14. The highest BCUT2D eigenvalue weighted by atomic mass is 35.7. The van der Waals surface area contributed by atoms with Gasteiger partial charge in [-0.1, -0.05) is 20.8 Å². The lowest BCUT2D eigenvalue weighted by Crippen LogP contribution is -2.26. The van der Waals surface area contributed by atoms with E-state index in [1.54, 1.807) is 20.8 Å². The number of halogens is 1. The van der Waals surface area contributed by atoms with Crippen molar-refractivity contribution in [2.45, 2.75) is 20.8 Å². The van der Waals surface area contributed by atoms with Gasteiger partial charge in [0.1, 0.15) is 5.75 Å². The van der Waals surface area contributed by atoms with Crippen molar-refractivity contribution in [1.82, 2.24) is 0 Å². The highest BCUT2D eigenvalue weighted by Gasteiger charge is 2.25. The lowest BCUT2D eigenvalue weighted by atomic mass is 9.92. The first-order valence-corrected chi connectivity index (χ1v) is 5.56. The second kappa shape index (κ2) is 3.11. The van der Waals surface area contributed by atoms with Gasteiger partial charge in [0.05, 0.1) is 0 Å². The third kappa shape index (κ3) is 5.21. The minimum Gasteiger partial charge on any atom is -0.298 e. The normalized spacial score (nSPS) is 13.1. The Labute approximate surface area is 71.2 Å². The third-order valence-corrected chi connectivity index (χ3v) is 2.07. The quantitative estimate of drug-likeness (QED) is 0.626. The van der Waals surface area contributed by atoms with Crippen LogP contribution in [0.4, 0.5) is 0 Å². The Balaban J connectivity index is 4.35. The van der Waals surface area contributed by atoms with E-state index in [-0.39, 0.29) is 5.78 Å². The molecule has 0 aliphatic heterocycles. The summed E-state index contributed by atoms with van der Waals surface area (Å²) in [7, 11) is 1.20. The molecule has 0 radical (unpaired) electrons. The van der Waals surface area contributed by atoms with Crippen molar-refractivity contribution >= 4 is 25.5 Å². The van der Waals surface area contributed by atoms with E-state index >= 15 is 0 Å². The molecule has 0 aliphatic rings. The van der Waals surface area contributed by atoms with Gasteiger partial charge in [-0.15, -0.1) is 0 Å². The zero-order valence-corrected chi connectivity index (χ0v) is 8.29. The van der Waals surface area contributed by atoms with Crippen LogP contribution in [0.1, 0.15) is 20.8 Å². The molecule has 0 aliphatic carbocycles. The predicted octanol–water partition coefficient (Wildman–Crippen LogP) is 1.17. The monoisotopic (exact) mass is 198 g/mol. The van der Waals surface area contributed by atoms with Crippen LogP contribution in [0.25, 0.3) is 0 Å². The van der Waals surface area contributed by atoms with Gasteiger partial charge in [0, 0.05) is 16.1 Å². The van der Waals surface area contributed by atoms with Crippen LogP contribution in [0.15, 0.2) is 0 Å². The maximum absolute atomic E-state index is 11.0. The van der Waals surface area contributed by atoms with Crippen LogP contribution in [0.5, 0.6) is 0 Å². The van der Waals surface area contributed by atoms with Gasteiger partial charge in [0.25, 0.3) is 0 Å². The zero-order chi connectivity index (χ0) is 9.28. The number of carbonyl (C=O) groups excluding carboxylic acids is 1. The summed E-state index contributed by atoms with van der Waals surface area (Å²) in [5.74, 6) is -0.953. The van der Waals surface area contributed by atoms with E-state index in [1.165, 1.54) is 0 Å². The largest absolute Gasteiger partial charge is 0.298 e. The van der Waals surface area contributed by atoms with Crippen molar-refractivity contribution in [1.29, 1.82) is 0 Å². The fraction of sp³-hybridized carbons (Fsp3) is 0.833. The third-order valence-electron chi connectivity index (χ3n) is 1.14. The first kappa shape index (κ1) is 10.9. The number of rotatable bonds is 2. The van der Waals surface area contributed by atoms with Gasteiger partial charge in [-0.3, -0.25) is 4.79 Å². The summed E-state index contributed by atoms with van der Waals surface area (Å²) >= 11 is 0. The minimum absolute atomic E-state index is 0.368. The second-order valence-electron chi connectivity index (χ2n) is 3.36. The molecule has 0 fully saturated rings. The van der Waals surface area contributed by atoms with Crippen LogP contribution in [0.2, 0.25) is 0 Å². The van der Waals surface area contributed by atoms with Gasteiger partial charge in [-0.05, 0) is 0 Å². The predicted molar refractivity (Wildman–Crippen MR) is 44.1 cm³/mol. The van der Waals surface area contributed by atoms with Gasteiger partial charge in [-0.25, -0.2) is 8.42 Å². The molecular formula is C6H11ClO3S. The van der Waals surface area contributed by atoms with E-state index in [0.717, 1.165) is 0 Å². The summed E-state index contributed by atoms with van der Waals surface area (Å²) in [6, 6.07) is 0. The topological polar surface area (TPSA) is 51.2 Å². The summed E-state index contributed by atoms with van der Waals surface area (Å²) in [6.45, 7) is 4.95. The summed E-state index contributed by atoms with van der Waals surface area (Å²) < 4.78 is 20.9. The molecule has 0 heterocycles. The summed E-state index contributed by atoms with van der Waals surface area (Å²) in [4.78, 5) is 11.0. The summed E-state index contributed by atoms with van der Waals surface area (Å²) in [5.41, 5.74) is -0.637. The lowest BCUT2D eigenvalue weighted by molar-refractivity contribution is -0.123. The van der Waals surface area contributed by atoms with Crippen molar-refractivity contribution < 1.29 is 13.2 Å². The van der Waals surface area contributed by atoms with Crippen molar-refractivity contribution in [2.24, 2.45) is 5.41 Å². The van der Waals surface area contributed by atoms with Gasteiger partial charge in [-0.2, -0.15) is 0 Å². The number of hydrogen-bond donors (Lipinski definition) is 0. The fourth-order valence-corrected chi connectivity index (χ4v) is 1.42. The molecule has 11 heavy (non-hydrogen) atoms. The first-order valence-electron chi connectivity index (χ1n) is 3.08. The number of ketones is 1. The Morgan fingerprint density at radius 3 is 1.82 bits per heavy atom. The Bertz CT molecular complexity index is 247. The number of carbonyl (C=O) groups is 1. The highest BCUT2D eigenvalue weighted by molar-refractivity contribution is 8.14. The Morgan fingerprint density at radius 2 is 1.73 bits per heavy atom. The summed E-state index contributed by atoms with van der Waals surface area (Å²) in [5, 5.41) is 0. The van der Waals surface area contributed by atoms with Gasteiger partial charge in [0.2, 0.25) is 9.05 Å². The Kier molecular flexibility index (Phi) is 3.08. The van der Waals surface area contributed by atoms with Crippen LogP contribution in [-0.2, 0) is 13.8 Å². The molecule has 0 aromatic rings. The minimum atomic E-state index is -3.68. The van der Waals surface area contributed by atoms with E-state index in [9.17, 15) is 13.2 Å². The SMILES string of the molecule is CC(C)(C)C(=O)CS(=O)(=O)Cl. The van der Waals surface area contributed by atoms with Crippen LogP contribution in [0.3, 0.4) is 0 Å². The van der Waals surface area contributed by atoms with Crippen LogP contribution in [0, 0.1) is 5.41 Å². The molecule has 0 atom stereocenters.